The third-order valence-electron chi connectivity index (χ3n) is 8.42. The third kappa shape index (κ3) is 4.58. The normalized spacial score (nSPS) is 29.1. The predicted molar refractivity (Wildman–Crippen MR) is 126 cm³/mol. The van der Waals surface area contributed by atoms with Crippen LogP contribution in [0.15, 0.2) is 35.5 Å². The summed E-state index contributed by atoms with van der Waals surface area (Å²) in [6.07, 6.45) is 3.26. The smallest absolute Gasteiger partial charge is 0.406 e. The molecule has 0 unspecified atom stereocenters. The molecule has 1 aromatic heterocycles. The first-order chi connectivity index (χ1) is 17.5. The molecule has 2 heterocycles. The van der Waals surface area contributed by atoms with Crippen LogP contribution in [0.3, 0.4) is 0 Å². The zero-order valence-corrected chi connectivity index (χ0v) is 20.8. The Labute approximate surface area is 212 Å². The van der Waals surface area contributed by atoms with Gasteiger partial charge in [-0.15, -0.1) is 13.2 Å². The molecular formula is C25H27F3N4O4S. The molecule has 4 bridgehead atoms. The number of benzene rings is 1. The van der Waals surface area contributed by atoms with Crippen molar-refractivity contribution < 1.29 is 31.1 Å². The maximum absolute atomic E-state index is 13.5. The summed E-state index contributed by atoms with van der Waals surface area (Å²) in [5.74, 6) is 1.85. The lowest BCUT2D eigenvalue weighted by Gasteiger charge is -2.55. The van der Waals surface area contributed by atoms with E-state index in [2.05, 4.69) is 20.0 Å². The van der Waals surface area contributed by atoms with Crippen molar-refractivity contribution in [2.45, 2.75) is 62.7 Å². The molecule has 7 rings (SSSR count). The van der Waals surface area contributed by atoms with E-state index in [1.165, 1.54) is 29.9 Å². The van der Waals surface area contributed by atoms with E-state index in [1.807, 2.05) is 0 Å². The van der Waals surface area contributed by atoms with Crippen LogP contribution in [0.1, 0.15) is 49.8 Å². The summed E-state index contributed by atoms with van der Waals surface area (Å²) in [6, 6.07) is 4.11. The average Bonchev–Trinajstić information content (AvgIpc) is 2.82. The Kier molecular flexibility index (Phi) is 5.75. The number of nitrogens with zero attached hydrogens (tertiary/aromatic N) is 3. The van der Waals surface area contributed by atoms with Crippen molar-refractivity contribution in [2.75, 3.05) is 11.9 Å². The number of halogens is 3. The van der Waals surface area contributed by atoms with Gasteiger partial charge in [0.15, 0.2) is 0 Å². The van der Waals surface area contributed by atoms with Crippen molar-refractivity contribution in [1.82, 2.24) is 14.3 Å². The number of hydrogen-bond acceptors (Lipinski definition) is 6. The summed E-state index contributed by atoms with van der Waals surface area (Å²) in [5.41, 5.74) is 0.891. The number of carbonyl (C=O) groups is 1. The van der Waals surface area contributed by atoms with E-state index in [9.17, 15) is 26.4 Å². The minimum atomic E-state index is -4.86. The molecule has 2 aromatic rings. The number of amides is 1. The lowest BCUT2D eigenvalue weighted by Crippen LogP contribution is -2.52. The first-order valence-electron chi connectivity index (χ1n) is 12.5. The van der Waals surface area contributed by atoms with Crippen LogP contribution < -0.4 is 10.1 Å². The highest BCUT2D eigenvalue weighted by molar-refractivity contribution is 7.89. The van der Waals surface area contributed by atoms with Crippen LogP contribution in [0, 0.1) is 23.2 Å². The zero-order valence-electron chi connectivity index (χ0n) is 20.0. The van der Waals surface area contributed by atoms with E-state index < -0.39 is 22.1 Å². The summed E-state index contributed by atoms with van der Waals surface area (Å²) in [4.78, 5) is 22.0. The molecule has 4 saturated carbocycles. The minimum absolute atomic E-state index is 0.0173. The molecular weight excluding hydrogens is 509 g/mol. The zero-order chi connectivity index (χ0) is 26.0. The number of aromatic nitrogens is 2. The van der Waals surface area contributed by atoms with Crippen molar-refractivity contribution in [1.29, 1.82) is 0 Å². The number of fused-ring (bicyclic) bond motifs is 1. The van der Waals surface area contributed by atoms with Crippen molar-refractivity contribution in [3.8, 4) is 5.75 Å². The lowest BCUT2D eigenvalue weighted by atomic mass is 9.49. The van der Waals surface area contributed by atoms with E-state index in [0.717, 1.165) is 49.1 Å². The van der Waals surface area contributed by atoms with E-state index in [-0.39, 0.29) is 29.3 Å². The van der Waals surface area contributed by atoms with Crippen molar-refractivity contribution in [3.63, 3.8) is 0 Å². The lowest BCUT2D eigenvalue weighted by molar-refractivity contribution is -0.274. The van der Waals surface area contributed by atoms with Crippen molar-refractivity contribution in [2.24, 2.45) is 23.2 Å². The average molecular weight is 537 g/mol. The summed E-state index contributed by atoms with van der Waals surface area (Å²) in [5, 5.41) is 3.07. The molecule has 0 atom stereocenters. The first kappa shape index (κ1) is 24.6. The topological polar surface area (TPSA) is 101 Å². The SMILES string of the molecule is O=C(Nc1ncnc2c1CCN(S(=O)(=O)c1ccc(OC(F)(F)F)cc1)C2)C12CC3CC(CC(C3)C1)C2. The maximum atomic E-state index is 13.5. The molecule has 8 nitrogen and oxygen atoms in total. The Morgan fingerprint density at radius 2 is 1.65 bits per heavy atom. The number of nitrogens with one attached hydrogen (secondary N) is 1. The molecule has 0 saturated heterocycles. The highest BCUT2D eigenvalue weighted by Crippen LogP contribution is 2.60. The molecule has 1 aliphatic heterocycles. The van der Waals surface area contributed by atoms with Gasteiger partial charge in [0.2, 0.25) is 15.9 Å². The minimum Gasteiger partial charge on any atom is -0.406 e. The fourth-order valence-corrected chi connectivity index (χ4v) is 8.64. The number of anilines is 1. The Balaban J connectivity index is 1.18. The Bertz CT molecular complexity index is 1300. The number of alkyl halides is 3. The Morgan fingerprint density at radius 1 is 1.03 bits per heavy atom. The molecule has 37 heavy (non-hydrogen) atoms. The monoisotopic (exact) mass is 536 g/mol. The second-order valence-electron chi connectivity index (χ2n) is 10.9. The van der Waals surface area contributed by atoms with Crippen molar-refractivity contribution >= 4 is 21.7 Å². The van der Waals surface area contributed by atoms with Crippen LogP contribution >= 0.6 is 0 Å². The standard InChI is InChI=1S/C25H27F3N4O4S/c26-25(27,28)36-18-1-3-19(4-2-18)37(34,35)32-6-5-20-21(13-32)29-14-30-22(20)31-23(33)24-10-15-7-16(11-24)9-17(8-15)12-24/h1-4,14-17H,5-13H2,(H,29,30,31,33). The second kappa shape index (κ2) is 8.65. The summed E-state index contributed by atoms with van der Waals surface area (Å²) < 4.78 is 68.6. The van der Waals surface area contributed by atoms with Gasteiger partial charge in [-0.1, -0.05) is 0 Å². The number of carbonyl (C=O) groups excluding carboxylic acids is 1. The van der Waals surface area contributed by atoms with E-state index >= 15 is 0 Å². The number of rotatable bonds is 5. The van der Waals surface area contributed by atoms with Crippen LogP contribution in [0.5, 0.6) is 5.75 Å². The molecule has 1 aromatic carbocycles. The van der Waals surface area contributed by atoms with Gasteiger partial charge in [0.25, 0.3) is 0 Å². The number of sulfonamides is 1. The predicted octanol–water partition coefficient (Wildman–Crippen LogP) is 4.28. The van der Waals surface area contributed by atoms with Crippen LogP contribution in [0.25, 0.3) is 0 Å². The molecule has 4 fully saturated rings. The van der Waals surface area contributed by atoms with Gasteiger partial charge in [-0.2, -0.15) is 4.31 Å². The fourth-order valence-electron chi connectivity index (χ4n) is 7.23. The van der Waals surface area contributed by atoms with E-state index in [4.69, 9.17) is 0 Å². The first-order valence-corrected chi connectivity index (χ1v) is 13.9. The van der Waals surface area contributed by atoms with Gasteiger partial charge in [-0.05, 0) is 87.0 Å². The molecule has 0 spiro atoms. The maximum Gasteiger partial charge on any atom is 0.573 e. The van der Waals surface area contributed by atoms with Crippen LogP contribution in [0.2, 0.25) is 0 Å². The fraction of sp³-hybridized carbons (Fsp3) is 0.560. The summed E-state index contributed by atoms with van der Waals surface area (Å²) in [6.45, 7) is 0.102. The second-order valence-corrected chi connectivity index (χ2v) is 12.8. The molecule has 0 radical (unpaired) electrons. The highest BCUT2D eigenvalue weighted by Gasteiger charge is 2.54. The van der Waals surface area contributed by atoms with Gasteiger partial charge in [-0.3, -0.25) is 4.79 Å². The molecule has 1 N–H and O–H groups in total. The molecule has 1 amide bonds. The quantitative estimate of drug-likeness (QED) is 0.612. The highest BCUT2D eigenvalue weighted by atomic mass is 32.2. The van der Waals surface area contributed by atoms with Gasteiger partial charge in [0.1, 0.15) is 17.9 Å². The Hall–Kier alpha value is -2.73. The molecule has 5 aliphatic rings. The van der Waals surface area contributed by atoms with Gasteiger partial charge < -0.3 is 10.1 Å². The molecule has 12 heteroatoms. The van der Waals surface area contributed by atoms with Crippen LogP contribution in [-0.2, 0) is 27.8 Å². The number of ether oxygens (including phenoxy) is 1. The van der Waals surface area contributed by atoms with Gasteiger partial charge in [0, 0.05) is 12.1 Å². The van der Waals surface area contributed by atoms with Gasteiger partial charge in [-0.25, -0.2) is 18.4 Å². The van der Waals surface area contributed by atoms with Gasteiger partial charge >= 0.3 is 6.36 Å². The Morgan fingerprint density at radius 3 is 2.24 bits per heavy atom. The molecule has 198 valence electrons. The van der Waals surface area contributed by atoms with Crippen molar-refractivity contribution in [3.05, 3.63) is 41.9 Å². The third-order valence-corrected chi connectivity index (χ3v) is 10.3. The molecule has 4 aliphatic carbocycles. The van der Waals surface area contributed by atoms with E-state index in [0.29, 0.717) is 35.7 Å². The summed E-state index contributed by atoms with van der Waals surface area (Å²) >= 11 is 0. The van der Waals surface area contributed by atoms with Crippen LogP contribution in [0.4, 0.5) is 19.0 Å². The van der Waals surface area contributed by atoms with Gasteiger partial charge in [0.05, 0.1) is 22.5 Å². The largest absolute Gasteiger partial charge is 0.573 e. The number of hydrogen-bond donors (Lipinski definition) is 1. The van der Waals surface area contributed by atoms with E-state index in [1.54, 1.807) is 0 Å². The van der Waals surface area contributed by atoms with Crippen LogP contribution in [-0.4, -0.2) is 41.5 Å². The summed E-state index contributed by atoms with van der Waals surface area (Å²) in [7, 11) is -3.98.